The lowest BCUT2D eigenvalue weighted by molar-refractivity contribution is 0.355. The van der Waals surface area contributed by atoms with E-state index in [0.29, 0.717) is 23.0 Å². The lowest BCUT2D eigenvalue weighted by Crippen LogP contribution is -1.95. The zero-order valence-corrected chi connectivity index (χ0v) is 21.2. The van der Waals surface area contributed by atoms with Gasteiger partial charge in [-0.1, -0.05) is 12.1 Å². The average molecular weight is 485 g/mol. The fraction of sp³-hybridized carbons (Fsp3) is 0.200. The third-order valence-electron chi connectivity index (χ3n) is 6.66. The first kappa shape index (κ1) is 23.4. The molecule has 6 heteroatoms. The highest BCUT2D eigenvalue weighted by Crippen LogP contribution is 2.46. The summed E-state index contributed by atoms with van der Waals surface area (Å²) in [7, 11) is 9.92. The van der Waals surface area contributed by atoms with E-state index in [1.807, 2.05) is 48.5 Å². The summed E-state index contributed by atoms with van der Waals surface area (Å²) in [6, 6.07) is 20.3. The van der Waals surface area contributed by atoms with Crippen molar-refractivity contribution in [3.8, 4) is 45.6 Å². The van der Waals surface area contributed by atoms with Crippen LogP contribution in [0.15, 0.2) is 60.7 Å². The molecule has 0 aliphatic heterocycles. The second-order valence-corrected chi connectivity index (χ2v) is 8.33. The van der Waals surface area contributed by atoms with E-state index in [1.54, 1.807) is 42.7 Å². The number of benzene rings is 5. The molecule has 0 spiro atoms. The maximum atomic E-state index is 5.88. The van der Waals surface area contributed by atoms with Gasteiger partial charge in [0.25, 0.3) is 0 Å². The van der Waals surface area contributed by atoms with E-state index in [0.717, 1.165) is 54.9 Å². The molecule has 6 nitrogen and oxygen atoms in total. The maximum Gasteiger partial charge on any atom is 0.161 e. The normalized spacial score (nSPS) is 11.1. The first-order chi connectivity index (χ1) is 17.6. The minimum atomic E-state index is 0.655. The largest absolute Gasteiger partial charge is 0.497 e. The Labute approximate surface area is 209 Å². The summed E-state index contributed by atoms with van der Waals surface area (Å²) in [5.41, 5.74) is 2.00. The van der Waals surface area contributed by atoms with E-state index in [-0.39, 0.29) is 0 Å². The molecular formula is C30H28O6. The Balaban J connectivity index is 1.96. The van der Waals surface area contributed by atoms with Gasteiger partial charge in [-0.05, 0) is 86.4 Å². The van der Waals surface area contributed by atoms with Gasteiger partial charge < -0.3 is 28.4 Å². The number of ether oxygens (including phenoxy) is 6. The van der Waals surface area contributed by atoms with Crippen LogP contribution in [0, 0.1) is 0 Å². The highest BCUT2D eigenvalue weighted by molar-refractivity contribution is 6.27. The van der Waals surface area contributed by atoms with E-state index in [2.05, 4.69) is 12.1 Å². The molecule has 0 aromatic heterocycles. The molecule has 0 aliphatic carbocycles. The van der Waals surface area contributed by atoms with Crippen molar-refractivity contribution < 1.29 is 28.4 Å². The van der Waals surface area contributed by atoms with Crippen molar-refractivity contribution in [2.24, 2.45) is 0 Å². The van der Waals surface area contributed by atoms with Gasteiger partial charge in [-0.15, -0.1) is 0 Å². The van der Waals surface area contributed by atoms with E-state index in [9.17, 15) is 0 Å². The zero-order valence-electron chi connectivity index (χ0n) is 21.2. The van der Waals surface area contributed by atoms with Crippen LogP contribution in [0.1, 0.15) is 0 Å². The quantitative estimate of drug-likeness (QED) is 0.235. The molecule has 0 N–H and O–H groups in total. The van der Waals surface area contributed by atoms with Crippen LogP contribution in [0.25, 0.3) is 43.4 Å². The van der Waals surface area contributed by atoms with Crippen LogP contribution >= 0.6 is 0 Å². The Morgan fingerprint density at radius 3 is 1.03 bits per heavy atom. The summed E-state index contributed by atoms with van der Waals surface area (Å²) in [5, 5.41) is 6.15. The molecule has 0 atom stereocenters. The molecule has 0 unspecified atom stereocenters. The van der Waals surface area contributed by atoms with Gasteiger partial charge in [-0.2, -0.15) is 0 Å². The average Bonchev–Trinajstić information content (AvgIpc) is 2.94. The molecule has 0 radical (unpaired) electrons. The summed E-state index contributed by atoms with van der Waals surface area (Å²) in [4.78, 5) is 0. The van der Waals surface area contributed by atoms with Crippen LogP contribution in [0.4, 0.5) is 0 Å². The van der Waals surface area contributed by atoms with Crippen LogP contribution in [-0.2, 0) is 0 Å². The number of fused-ring (bicyclic) bond motifs is 6. The Hall–Kier alpha value is -4.32. The number of hydrogen-bond donors (Lipinski definition) is 0. The van der Waals surface area contributed by atoms with E-state index in [4.69, 9.17) is 28.4 Å². The number of rotatable bonds is 7. The highest BCUT2D eigenvalue weighted by atomic mass is 16.5. The van der Waals surface area contributed by atoms with Gasteiger partial charge in [0.1, 0.15) is 11.5 Å². The Morgan fingerprint density at radius 1 is 0.361 bits per heavy atom. The minimum Gasteiger partial charge on any atom is -0.497 e. The Kier molecular flexibility index (Phi) is 6.10. The summed E-state index contributed by atoms with van der Waals surface area (Å²) in [6.07, 6.45) is 0. The lowest BCUT2D eigenvalue weighted by atomic mass is 9.90. The molecule has 0 fully saturated rings. The number of hydrogen-bond acceptors (Lipinski definition) is 6. The zero-order chi connectivity index (χ0) is 25.4. The van der Waals surface area contributed by atoms with Crippen molar-refractivity contribution in [3.63, 3.8) is 0 Å². The second kappa shape index (κ2) is 9.38. The van der Waals surface area contributed by atoms with Gasteiger partial charge in [0.05, 0.1) is 42.7 Å². The highest BCUT2D eigenvalue weighted by Gasteiger charge is 2.19. The summed E-state index contributed by atoms with van der Waals surface area (Å²) >= 11 is 0. The summed E-state index contributed by atoms with van der Waals surface area (Å²) < 4.78 is 33.8. The molecule has 0 amide bonds. The van der Waals surface area contributed by atoms with Crippen LogP contribution < -0.4 is 28.4 Å². The standard InChI is InChI=1S/C30H28O6/c1-31-18-9-7-17(8-10-18)19-11-20-21(12-26(19)32-2)23-14-28(34-4)30(36-6)16-25(23)24-15-29(35-5)27(33-3)13-22(20)24/h7-16H,1-6H3. The van der Waals surface area contributed by atoms with Crippen molar-refractivity contribution in [2.45, 2.75) is 0 Å². The molecule has 36 heavy (non-hydrogen) atoms. The first-order valence-electron chi connectivity index (χ1n) is 11.5. The predicted octanol–water partition coefficient (Wildman–Crippen LogP) is 6.86. The smallest absolute Gasteiger partial charge is 0.161 e. The molecular weight excluding hydrogens is 456 g/mol. The van der Waals surface area contributed by atoms with Gasteiger partial charge in [0, 0.05) is 5.56 Å². The Bertz CT molecular complexity index is 1550. The molecule has 5 aromatic carbocycles. The van der Waals surface area contributed by atoms with Gasteiger partial charge in [0.15, 0.2) is 23.0 Å². The molecule has 0 bridgehead atoms. The minimum absolute atomic E-state index is 0.655. The van der Waals surface area contributed by atoms with Gasteiger partial charge in [0.2, 0.25) is 0 Å². The monoisotopic (exact) mass is 484 g/mol. The van der Waals surface area contributed by atoms with Crippen molar-refractivity contribution in [2.75, 3.05) is 42.7 Å². The van der Waals surface area contributed by atoms with Crippen LogP contribution in [0.2, 0.25) is 0 Å². The predicted molar refractivity (Wildman–Crippen MR) is 144 cm³/mol. The van der Waals surface area contributed by atoms with Crippen molar-refractivity contribution in [1.29, 1.82) is 0 Å². The fourth-order valence-electron chi connectivity index (χ4n) is 4.84. The second-order valence-electron chi connectivity index (χ2n) is 8.33. The van der Waals surface area contributed by atoms with Crippen LogP contribution in [0.5, 0.6) is 34.5 Å². The Morgan fingerprint density at radius 2 is 0.694 bits per heavy atom. The molecule has 0 saturated carbocycles. The molecule has 0 heterocycles. The SMILES string of the molecule is COc1ccc(-c2cc3c4cc(OC)c(OC)cc4c4cc(OC)c(OC)cc4c3cc2OC)cc1. The third kappa shape index (κ3) is 3.66. The van der Waals surface area contributed by atoms with E-state index >= 15 is 0 Å². The topological polar surface area (TPSA) is 55.4 Å². The van der Waals surface area contributed by atoms with Crippen LogP contribution in [-0.4, -0.2) is 42.7 Å². The number of methoxy groups -OCH3 is 6. The van der Waals surface area contributed by atoms with Crippen molar-refractivity contribution in [3.05, 3.63) is 60.7 Å². The lowest BCUT2D eigenvalue weighted by Gasteiger charge is -2.18. The van der Waals surface area contributed by atoms with Gasteiger partial charge in [-0.3, -0.25) is 0 Å². The van der Waals surface area contributed by atoms with Gasteiger partial charge >= 0.3 is 0 Å². The van der Waals surface area contributed by atoms with E-state index < -0.39 is 0 Å². The maximum absolute atomic E-state index is 5.88. The van der Waals surface area contributed by atoms with E-state index in [1.165, 1.54) is 0 Å². The third-order valence-corrected chi connectivity index (χ3v) is 6.66. The first-order valence-corrected chi connectivity index (χ1v) is 11.5. The molecule has 5 aromatic rings. The summed E-state index contributed by atoms with van der Waals surface area (Å²) in [5.74, 6) is 4.19. The molecule has 184 valence electrons. The van der Waals surface area contributed by atoms with Crippen LogP contribution in [0.3, 0.4) is 0 Å². The van der Waals surface area contributed by atoms with Crippen molar-refractivity contribution in [1.82, 2.24) is 0 Å². The fourth-order valence-corrected chi connectivity index (χ4v) is 4.84. The molecule has 0 saturated heterocycles. The molecule has 0 aliphatic rings. The van der Waals surface area contributed by atoms with Gasteiger partial charge in [-0.25, -0.2) is 0 Å². The van der Waals surface area contributed by atoms with Crippen molar-refractivity contribution >= 4 is 32.3 Å². The summed E-state index contributed by atoms with van der Waals surface area (Å²) in [6.45, 7) is 0. The molecule has 5 rings (SSSR count).